The van der Waals surface area contributed by atoms with Gasteiger partial charge in [-0.15, -0.1) is 0 Å². The van der Waals surface area contributed by atoms with Gasteiger partial charge >= 0.3 is 0 Å². The van der Waals surface area contributed by atoms with Gasteiger partial charge in [0.2, 0.25) is 0 Å². The molecule has 1 aliphatic heterocycles. The van der Waals surface area contributed by atoms with Crippen molar-refractivity contribution in [2.75, 3.05) is 19.8 Å². The van der Waals surface area contributed by atoms with E-state index in [-0.39, 0.29) is 6.10 Å². The zero-order chi connectivity index (χ0) is 9.10. The largest absolute Gasteiger partial charge is 0.390 e. The number of aliphatic hydroxyl groups excluding tert-OH is 1. The maximum absolute atomic E-state index is 9.56. The summed E-state index contributed by atoms with van der Waals surface area (Å²) < 4.78 is 10.8. The Bertz CT molecular complexity index is 150. The minimum Gasteiger partial charge on any atom is -0.390 e. The molecule has 1 unspecified atom stereocenters. The van der Waals surface area contributed by atoms with Gasteiger partial charge in [-0.25, -0.2) is 0 Å². The Labute approximate surface area is 79.0 Å². The lowest BCUT2D eigenvalue weighted by Gasteiger charge is -2.23. The van der Waals surface area contributed by atoms with Gasteiger partial charge < -0.3 is 14.6 Å². The second-order valence-electron chi connectivity index (χ2n) is 4.05. The second-order valence-corrected chi connectivity index (χ2v) is 4.05. The number of aliphatic hydroxyl groups is 1. The van der Waals surface area contributed by atoms with Crippen LogP contribution >= 0.6 is 0 Å². The van der Waals surface area contributed by atoms with Gasteiger partial charge in [0.25, 0.3) is 0 Å². The Balaban J connectivity index is 1.60. The SMILES string of the molecule is OC(COC1CCOCC1)C1CC1. The molecule has 0 aromatic heterocycles. The number of rotatable bonds is 4. The van der Waals surface area contributed by atoms with E-state index in [0.717, 1.165) is 26.1 Å². The molecule has 1 atom stereocenters. The Morgan fingerprint density at radius 3 is 2.54 bits per heavy atom. The molecule has 0 spiro atoms. The second kappa shape index (κ2) is 4.40. The molecule has 0 aromatic rings. The van der Waals surface area contributed by atoms with E-state index in [2.05, 4.69) is 0 Å². The molecule has 2 rings (SSSR count). The molecule has 13 heavy (non-hydrogen) atoms. The molecule has 0 aromatic carbocycles. The average Bonchev–Trinajstić information content (AvgIpc) is 2.99. The van der Waals surface area contributed by atoms with Crippen LogP contribution in [0, 0.1) is 5.92 Å². The predicted octanol–water partition coefficient (Wildman–Crippen LogP) is 0.953. The van der Waals surface area contributed by atoms with Crippen LogP contribution in [0.3, 0.4) is 0 Å². The van der Waals surface area contributed by atoms with E-state index in [4.69, 9.17) is 9.47 Å². The van der Waals surface area contributed by atoms with Gasteiger partial charge in [-0.3, -0.25) is 0 Å². The summed E-state index contributed by atoms with van der Waals surface area (Å²) in [5.41, 5.74) is 0. The van der Waals surface area contributed by atoms with Crippen LogP contribution in [-0.2, 0) is 9.47 Å². The lowest BCUT2D eigenvalue weighted by Crippen LogP contribution is -2.28. The Morgan fingerprint density at radius 2 is 1.92 bits per heavy atom. The fourth-order valence-electron chi connectivity index (χ4n) is 1.69. The first-order valence-corrected chi connectivity index (χ1v) is 5.23. The molecule has 3 heteroatoms. The van der Waals surface area contributed by atoms with Gasteiger partial charge in [0.05, 0.1) is 18.8 Å². The first kappa shape index (κ1) is 9.44. The van der Waals surface area contributed by atoms with Crippen LogP contribution in [0.1, 0.15) is 25.7 Å². The van der Waals surface area contributed by atoms with Crippen LogP contribution < -0.4 is 0 Å². The molecule has 1 aliphatic carbocycles. The predicted molar refractivity (Wildman–Crippen MR) is 48.5 cm³/mol. The van der Waals surface area contributed by atoms with E-state index in [1.54, 1.807) is 0 Å². The number of hydrogen-bond acceptors (Lipinski definition) is 3. The molecule has 0 radical (unpaired) electrons. The molecule has 0 bridgehead atoms. The van der Waals surface area contributed by atoms with Crippen molar-refractivity contribution in [1.82, 2.24) is 0 Å². The summed E-state index contributed by atoms with van der Waals surface area (Å²) >= 11 is 0. The third-order valence-corrected chi connectivity index (χ3v) is 2.84. The summed E-state index contributed by atoms with van der Waals surface area (Å²) in [5, 5.41) is 9.56. The van der Waals surface area contributed by atoms with Crippen LogP contribution in [0.25, 0.3) is 0 Å². The normalized spacial score (nSPS) is 27.5. The van der Waals surface area contributed by atoms with Gasteiger partial charge in [0, 0.05) is 13.2 Å². The van der Waals surface area contributed by atoms with Crippen molar-refractivity contribution < 1.29 is 14.6 Å². The number of ether oxygens (including phenoxy) is 2. The van der Waals surface area contributed by atoms with Crippen molar-refractivity contribution >= 4 is 0 Å². The summed E-state index contributed by atoms with van der Waals surface area (Å²) in [7, 11) is 0. The summed E-state index contributed by atoms with van der Waals surface area (Å²) in [6.07, 6.45) is 4.43. The molecule has 0 amide bonds. The van der Waals surface area contributed by atoms with Crippen LogP contribution in [0.4, 0.5) is 0 Å². The van der Waals surface area contributed by atoms with Crippen molar-refractivity contribution in [2.24, 2.45) is 5.92 Å². The molecular weight excluding hydrogens is 168 g/mol. The fourth-order valence-corrected chi connectivity index (χ4v) is 1.69. The smallest absolute Gasteiger partial charge is 0.0801 e. The maximum Gasteiger partial charge on any atom is 0.0801 e. The molecule has 1 saturated heterocycles. The molecule has 1 saturated carbocycles. The van der Waals surface area contributed by atoms with E-state index >= 15 is 0 Å². The fraction of sp³-hybridized carbons (Fsp3) is 1.00. The summed E-state index contributed by atoms with van der Waals surface area (Å²) in [4.78, 5) is 0. The van der Waals surface area contributed by atoms with E-state index in [1.807, 2.05) is 0 Å². The molecule has 2 fully saturated rings. The number of hydrogen-bond donors (Lipinski definition) is 1. The standard InChI is InChI=1S/C10H18O3/c11-10(8-1-2-8)7-13-9-3-5-12-6-4-9/h8-11H,1-7H2. The minimum atomic E-state index is -0.220. The van der Waals surface area contributed by atoms with Gasteiger partial charge in [-0.05, 0) is 31.6 Å². The van der Waals surface area contributed by atoms with E-state index in [9.17, 15) is 5.11 Å². The Hall–Kier alpha value is -0.120. The van der Waals surface area contributed by atoms with Crippen LogP contribution in [0.5, 0.6) is 0 Å². The van der Waals surface area contributed by atoms with Crippen molar-refractivity contribution in [3.63, 3.8) is 0 Å². The highest BCUT2D eigenvalue weighted by Crippen LogP contribution is 2.32. The lowest BCUT2D eigenvalue weighted by molar-refractivity contribution is -0.0629. The minimum absolute atomic E-state index is 0.220. The molecule has 1 heterocycles. The molecule has 2 aliphatic rings. The Morgan fingerprint density at radius 1 is 1.23 bits per heavy atom. The van der Waals surface area contributed by atoms with Crippen molar-refractivity contribution in [1.29, 1.82) is 0 Å². The van der Waals surface area contributed by atoms with Crippen LogP contribution in [0.2, 0.25) is 0 Å². The van der Waals surface area contributed by atoms with Crippen molar-refractivity contribution in [3.05, 3.63) is 0 Å². The van der Waals surface area contributed by atoms with Gasteiger partial charge in [-0.2, -0.15) is 0 Å². The van der Waals surface area contributed by atoms with Gasteiger partial charge in [-0.1, -0.05) is 0 Å². The monoisotopic (exact) mass is 186 g/mol. The van der Waals surface area contributed by atoms with Gasteiger partial charge in [0.1, 0.15) is 0 Å². The molecule has 3 nitrogen and oxygen atoms in total. The summed E-state index contributed by atoms with van der Waals surface area (Å²) in [5.74, 6) is 0.528. The average molecular weight is 186 g/mol. The lowest BCUT2D eigenvalue weighted by atomic mass is 10.1. The molecular formula is C10H18O3. The highest BCUT2D eigenvalue weighted by Gasteiger charge is 2.30. The molecule has 76 valence electrons. The van der Waals surface area contributed by atoms with E-state index < -0.39 is 0 Å². The van der Waals surface area contributed by atoms with Crippen molar-refractivity contribution in [2.45, 2.75) is 37.9 Å². The zero-order valence-corrected chi connectivity index (χ0v) is 7.95. The van der Waals surface area contributed by atoms with E-state index in [1.165, 1.54) is 12.8 Å². The Kier molecular flexibility index (Phi) is 3.19. The summed E-state index contributed by atoms with van der Waals surface area (Å²) in [6.45, 7) is 2.14. The van der Waals surface area contributed by atoms with Gasteiger partial charge in [0.15, 0.2) is 0 Å². The maximum atomic E-state index is 9.56. The zero-order valence-electron chi connectivity index (χ0n) is 7.95. The van der Waals surface area contributed by atoms with Crippen LogP contribution in [-0.4, -0.2) is 37.1 Å². The van der Waals surface area contributed by atoms with Crippen molar-refractivity contribution in [3.8, 4) is 0 Å². The first-order chi connectivity index (χ1) is 6.36. The topological polar surface area (TPSA) is 38.7 Å². The third-order valence-electron chi connectivity index (χ3n) is 2.84. The highest BCUT2D eigenvalue weighted by molar-refractivity contribution is 4.80. The quantitative estimate of drug-likeness (QED) is 0.710. The summed E-state index contributed by atoms with van der Waals surface area (Å²) in [6, 6.07) is 0. The third kappa shape index (κ3) is 2.93. The molecule has 1 N–H and O–H groups in total. The van der Waals surface area contributed by atoms with Crippen LogP contribution in [0.15, 0.2) is 0 Å². The van der Waals surface area contributed by atoms with E-state index in [0.29, 0.717) is 18.6 Å². The highest BCUT2D eigenvalue weighted by atomic mass is 16.5. The first-order valence-electron chi connectivity index (χ1n) is 5.23.